The predicted octanol–water partition coefficient (Wildman–Crippen LogP) is 3.79. The highest BCUT2D eigenvalue weighted by Gasteiger charge is 2.46. The summed E-state index contributed by atoms with van der Waals surface area (Å²) in [6.07, 6.45) is 1.87. The second-order valence-corrected chi connectivity index (χ2v) is 9.64. The van der Waals surface area contributed by atoms with Gasteiger partial charge in [0, 0.05) is 12.6 Å². The third-order valence-corrected chi connectivity index (χ3v) is 7.92. The third-order valence-electron chi connectivity index (χ3n) is 5.84. The number of anilines is 1. The van der Waals surface area contributed by atoms with Crippen LogP contribution in [0.4, 0.5) is 5.00 Å². The van der Waals surface area contributed by atoms with Gasteiger partial charge in [-0.2, -0.15) is 10.3 Å². The summed E-state index contributed by atoms with van der Waals surface area (Å²) in [4.78, 5) is 31.9. The number of carbonyl (C=O) groups excluding carboxylic acids is 2. The summed E-state index contributed by atoms with van der Waals surface area (Å²) in [6.45, 7) is 0. The molecule has 1 atom stereocenters. The molecule has 2 aromatic carbocycles. The number of nitrogens with one attached hydrogen (secondary N) is 2. The van der Waals surface area contributed by atoms with E-state index in [1.54, 1.807) is 24.3 Å². The number of carbonyl (C=O) groups is 2. The standard InChI is InChI=1S/C25H20N6O2S2/c1-30(20-13-8-14-35-20)25(34-2)19(15-26)22(27-21(28-25)16-9-4-3-5-10-16)29-31-23(32)17-11-6-7-12-18(17)24(31)33/h3-14,29H,1-2H3,(H,27,28). The summed E-state index contributed by atoms with van der Waals surface area (Å²) in [5.74, 6) is -0.250. The van der Waals surface area contributed by atoms with E-state index in [0.717, 1.165) is 15.6 Å². The Bertz CT molecular complexity index is 1380. The van der Waals surface area contributed by atoms with Crippen molar-refractivity contribution in [1.82, 2.24) is 15.8 Å². The Hall–Kier alpha value is -4.07. The number of nitrogens with zero attached hydrogens (tertiary/aromatic N) is 4. The number of benzene rings is 2. The number of rotatable bonds is 6. The molecule has 0 aliphatic carbocycles. The molecule has 2 aliphatic rings. The van der Waals surface area contributed by atoms with Crippen LogP contribution >= 0.6 is 23.1 Å². The van der Waals surface area contributed by atoms with E-state index < -0.39 is 16.8 Å². The summed E-state index contributed by atoms with van der Waals surface area (Å²) in [6, 6.07) is 22.3. The second kappa shape index (κ2) is 8.94. The Morgan fingerprint density at radius 2 is 1.71 bits per heavy atom. The van der Waals surface area contributed by atoms with Crippen LogP contribution in [0.15, 0.2) is 88.5 Å². The zero-order valence-electron chi connectivity index (χ0n) is 18.9. The van der Waals surface area contributed by atoms with Crippen molar-refractivity contribution in [2.75, 3.05) is 18.2 Å². The topological polar surface area (TPSA) is 101 Å². The highest BCUT2D eigenvalue weighted by atomic mass is 32.2. The van der Waals surface area contributed by atoms with Gasteiger partial charge >= 0.3 is 0 Å². The molecule has 3 aromatic rings. The molecular weight excluding hydrogens is 480 g/mol. The number of imide groups is 1. The fourth-order valence-electron chi connectivity index (χ4n) is 4.06. The molecule has 2 aliphatic heterocycles. The molecular formula is C25H20N6O2S2. The molecule has 1 unspecified atom stereocenters. The van der Waals surface area contributed by atoms with E-state index in [9.17, 15) is 14.9 Å². The number of amidine groups is 1. The normalized spacial score (nSPS) is 19.1. The second-order valence-electron chi connectivity index (χ2n) is 7.74. The first-order valence-corrected chi connectivity index (χ1v) is 12.7. The summed E-state index contributed by atoms with van der Waals surface area (Å²) >= 11 is 2.90. The quantitative estimate of drug-likeness (QED) is 0.392. The predicted molar refractivity (Wildman–Crippen MR) is 138 cm³/mol. The molecule has 5 rings (SSSR count). The Morgan fingerprint density at radius 3 is 2.29 bits per heavy atom. The van der Waals surface area contributed by atoms with Gasteiger partial charge in [-0.25, -0.2) is 4.99 Å². The molecule has 0 saturated carbocycles. The molecule has 35 heavy (non-hydrogen) atoms. The number of fused-ring (bicyclic) bond motifs is 1. The van der Waals surface area contributed by atoms with E-state index in [1.165, 1.54) is 23.1 Å². The molecule has 10 heteroatoms. The van der Waals surface area contributed by atoms with E-state index >= 15 is 0 Å². The van der Waals surface area contributed by atoms with Crippen LogP contribution in [0.2, 0.25) is 0 Å². The first kappa shape index (κ1) is 22.7. The van der Waals surface area contributed by atoms with Crippen molar-refractivity contribution in [3.63, 3.8) is 0 Å². The first-order valence-electron chi connectivity index (χ1n) is 10.6. The number of hydrogen-bond donors (Lipinski definition) is 2. The van der Waals surface area contributed by atoms with Gasteiger partial charge in [0.1, 0.15) is 23.3 Å². The summed E-state index contributed by atoms with van der Waals surface area (Å²) < 4.78 is 0. The number of thiophene rings is 1. The van der Waals surface area contributed by atoms with Crippen LogP contribution in [0.25, 0.3) is 0 Å². The van der Waals surface area contributed by atoms with Crippen molar-refractivity contribution in [2.45, 2.75) is 4.99 Å². The fraction of sp³-hybridized carbons (Fsp3) is 0.120. The third kappa shape index (κ3) is 3.65. The van der Waals surface area contributed by atoms with E-state index in [2.05, 4.69) is 16.8 Å². The number of hydrogen-bond acceptors (Lipinski definition) is 9. The number of likely N-dealkylation sites (N-methyl/N-ethyl adjacent to an activating group) is 1. The lowest BCUT2D eigenvalue weighted by Gasteiger charge is -2.41. The lowest BCUT2D eigenvalue weighted by atomic mass is 10.1. The zero-order valence-corrected chi connectivity index (χ0v) is 20.5. The van der Waals surface area contributed by atoms with Crippen LogP contribution in [-0.4, -0.2) is 41.0 Å². The van der Waals surface area contributed by atoms with E-state index in [1.807, 2.05) is 66.0 Å². The monoisotopic (exact) mass is 500 g/mol. The number of aliphatic imine (C=N–C) groups is 1. The fourth-order valence-corrected chi connectivity index (χ4v) is 5.77. The van der Waals surface area contributed by atoms with Gasteiger partial charge in [0.25, 0.3) is 11.8 Å². The van der Waals surface area contributed by atoms with E-state index in [0.29, 0.717) is 17.0 Å². The molecule has 8 nitrogen and oxygen atoms in total. The molecule has 0 saturated heterocycles. The smallest absolute Gasteiger partial charge is 0.280 e. The van der Waals surface area contributed by atoms with Crippen molar-refractivity contribution in [2.24, 2.45) is 4.99 Å². The van der Waals surface area contributed by atoms with Crippen molar-refractivity contribution in [3.8, 4) is 6.07 Å². The van der Waals surface area contributed by atoms with Gasteiger partial charge in [-0.05, 0) is 35.9 Å². The molecule has 174 valence electrons. The summed E-state index contributed by atoms with van der Waals surface area (Å²) in [7, 11) is 1.87. The van der Waals surface area contributed by atoms with Gasteiger partial charge in [0.05, 0.1) is 16.1 Å². The molecule has 0 bridgehead atoms. The van der Waals surface area contributed by atoms with Crippen LogP contribution in [0, 0.1) is 11.3 Å². The molecule has 3 heterocycles. The SMILES string of the molecule is CSC1(N(C)c2cccs2)N=C(c2ccccc2)NC(NN2C(=O)c3ccccc3C2=O)=C1C#N. The van der Waals surface area contributed by atoms with Crippen molar-refractivity contribution >= 4 is 45.7 Å². The molecule has 1 aromatic heterocycles. The average Bonchev–Trinajstić information content (AvgIpc) is 3.52. The molecule has 2 amide bonds. The van der Waals surface area contributed by atoms with Crippen LogP contribution in [-0.2, 0) is 0 Å². The van der Waals surface area contributed by atoms with Gasteiger partial charge < -0.3 is 10.2 Å². The minimum Gasteiger partial charge on any atom is -0.329 e. The van der Waals surface area contributed by atoms with Crippen molar-refractivity contribution in [3.05, 3.63) is 100 Å². The molecule has 0 fully saturated rings. The van der Waals surface area contributed by atoms with Gasteiger partial charge in [0.2, 0.25) is 4.99 Å². The Morgan fingerprint density at radius 1 is 1.06 bits per heavy atom. The maximum atomic E-state index is 13.0. The summed E-state index contributed by atoms with van der Waals surface area (Å²) in [5.41, 5.74) is 4.56. The zero-order chi connectivity index (χ0) is 24.6. The minimum absolute atomic E-state index is 0.216. The van der Waals surface area contributed by atoms with Crippen LogP contribution < -0.4 is 15.6 Å². The number of amides is 2. The van der Waals surface area contributed by atoms with Crippen molar-refractivity contribution < 1.29 is 9.59 Å². The molecule has 2 N–H and O–H groups in total. The summed E-state index contributed by atoms with van der Waals surface area (Å²) in [5, 5.41) is 17.3. The van der Waals surface area contributed by atoms with Gasteiger partial charge in [0.15, 0.2) is 0 Å². The van der Waals surface area contributed by atoms with Crippen LogP contribution in [0.1, 0.15) is 26.3 Å². The van der Waals surface area contributed by atoms with Crippen LogP contribution in [0.3, 0.4) is 0 Å². The van der Waals surface area contributed by atoms with E-state index in [4.69, 9.17) is 4.99 Å². The Kier molecular flexibility index (Phi) is 5.80. The number of thioether (sulfide) groups is 1. The lowest BCUT2D eigenvalue weighted by molar-refractivity contribution is 0.0586. The van der Waals surface area contributed by atoms with Gasteiger partial charge in [-0.3, -0.25) is 15.0 Å². The Labute approximate surface area is 210 Å². The number of nitriles is 1. The molecule has 0 radical (unpaired) electrons. The maximum absolute atomic E-state index is 13.0. The average molecular weight is 501 g/mol. The van der Waals surface area contributed by atoms with Gasteiger partial charge in [-0.15, -0.1) is 23.1 Å². The molecule has 0 spiro atoms. The lowest BCUT2D eigenvalue weighted by Crippen LogP contribution is -2.55. The highest BCUT2D eigenvalue weighted by molar-refractivity contribution is 8.00. The first-order chi connectivity index (χ1) is 17.0. The largest absolute Gasteiger partial charge is 0.329 e. The maximum Gasteiger partial charge on any atom is 0.280 e. The Balaban J connectivity index is 1.63. The minimum atomic E-state index is -1.16. The van der Waals surface area contributed by atoms with Gasteiger partial charge in [-0.1, -0.05) is 42.5 Å². The van der Waals surface area contributed by atoms with Crippen molar-refractivity contribution in [1.29, 1.82) is 5.26 Å². The van der Waals surface area contributed by atoms with Crippen LogP contribution in [0.5, 0.6) is 0 Å². The highest BCUT2D eigenvalue weighted by Crippen LogP contribution is 2.43. The number of hydrazine groups is 1. The van der Waals surface area contributed by atoms with E-state index in [-0.39, 0.29) is 11.4 Å².